The van der Waals surface area contributed by atoms with Gasteiger partial charge in [-0.1, -0.05) is 12.1 Å². The Morgan fingerprint density at radius 2 is 2.11 bits per heavy atom. The van der Waals surface area contributed by atoms with E-state index in [2.05, 4.69) is 10.1 Å². The number of benzene rings is 1. The third kappa shape index (κ3) is 4.04. The fourth-order valence-corrected chi connectivity index (χ4v) is 2.27. The summed E-state index contributed by atoms with van der Waals surface area (Å²) in [6.45, 7) is 0.998. The zero-order valence-electron chi connectivity index (χ0n) is 11.3. The molecule has 104 valence electrons. The molecule has 1 fully saturated rings. The minimum absolute atomic E-state index is 0.232. The number of aliphatic hydroxyl groups is 1. The van der Waals surface area contributed by atoms with E-state index < -0.39 is 0 Å². The first-order valence-corrected chi connectivity index (χ1v) is 6.76. The summed E-state index contributed by atoms with van der Waals surface area (Å²) >= 11 is 0. The van der Waals surface area contributed by atoms with Crippen LogP contribution in [-0.4, -0.2) is 30.8 Å². The zero-order chi connectivity index (χ0) is 13.7. The Labute approximate surface area is 113 Å². The molecule has 19 heavy (non-hydrogen) atoms. The second-order valence-electron chi connectivity index (χ2n) is 5.03. The normalized spacial score (nSPS) is 16.1. The van der Waals surface area contributed by atoms with Gasteiger partial charge in [0.15, 0.2) is 0 Å². The summed E-state index contributed by atoms with van der Waals surface area (Å²) in [5.74, 6) is 0.414. The van der Waals surface area contributed by atoms with Gasteiger partial charge in [-0.3, -0.25) is 0 Å². The number of hydrogen-bond donors (Lipinski definition) is 2. The molecule has 0 aromatic heterocycles. The number of aliphatic hydroxyl groups excluding tert-OH is 1. The summed E-state index contributed by atoms with van der Waals surface area (Å²) in [5.41, 5.74) is 1.71. The first-order chi connectivity index (χ1) is 9.24. The zero-order valence-corrected chi connectivity index (χ0v) is 11.3. The molecule has 0 amide bonds. The molecular weight excluding hydrogens is 242 g/mol. The SMILES string of the molecule is COC(=O)c1ccc(CNC(CCO)C2CC2)cc1. The van der Waals surface area contributed by atoms with E-state index in [1.807, 2.05) is 12.1 Å². The Morgan fingerprint density at radius 3 is 2.63 bits per heavy atom. The Balaban J connectivity index is 1.86. The summed E-state index contributed by atoms with van der Waals surface area (Å²) in [6, 6.07) is 7.83. The lowest BCUT2D eigenvalue weighted by Gasteiger charge is -2.17. The quantitative estimate of drug-likeness (QED) is 0.735. The van der Waals surface area contributed by atoms with Crippen molar-refractivity contribution in [2.75, 3.05) is 13.7 Å². The maximum Gasteiger partial charge on any atom is 0.337 e. The average Bonchev–Trinajstić information content (AvgIpc) is 3.27. The molecule has 1 saturated carbocycles. The van der Waals surface area contributed by atoms with Crippen molar-refractivity contribution in [3.63, 3.8) is 0 Å². The number of methoxy groups -OCH3 is 1. The highest BCUT2D eigenvalue weighted by Gasteiger charge is 2.30. The highest BCUT2D eigenvalue weighted by molar-refractivity contribution is 5.89. The van der Waals surface area contributed by atoms with Crippen LogP contribution in [0, 0.1) is 5.92 Å². The predicted octanol–water partition coefficient (Wildman–Crippen LogP) is 1.72. The number of ether oxygens (including phenoxy) is 1. The van der Waals surface area contributed by atoms with Crippen LogP contribution >= 0.6 is 0 Å². The van der Waals surface area contributed by atoms with Crippen LogP contribution in [0.2, 0.25) is 0 Å². The van der Waals surface area contributed by atoms with Crippen molar-refractivity contribution in [1.29, 1.82) is 0 Å². The molecule has 1 aliphatic rings. The van der Waals surface area contributed by atoms with Crippen molar-refractivity contribution < 1.29 is 14.6 Å². The average molecular weight is 263 g/mol. The van der Waals surface area contributed by atoms with E-state index in [0.717, 1.165) is 24.4 Å². The molecule has 1 atom stereocenters. The first kappa shape index (κ1) is 14.0. The molecule has 0 saturated heterocycles. The van der Waals surface area contributed by atoms with Gasteiger partial charge in [-0.15, -0.1) is 0 Å². The lowest BCUT2D eigenvalue weighted by atomic mass is 10.1. The molecule has 0 aliphatic heterocycles. The van der Waals surface area contributed by atoms with Gasteiger partial charge in [0.05, 0.1) is 12.7 Å². The van der Waals surface area contributed by atoms with Gasteiger partial charge < -0.3 is 15.2 Å². The van der Waals surface area contributed by atoms with E-state index in [1.54, 1.807) is 12.1 Å². The van der Waals surface area contributed by atoms with Crippen LogP contribution in [0.3, 0.4) is 0 Å². The molecule has 1 aliphatic carbocycles. The number of esters is 1. The topological polar surface area (TPSA) is 58.6 Å². The molecule has 2 rings (SSSR count). The first-order valence-electron chi connectivity index (χ1n) is 6.76. The predicted molar refractivity (Wildman–Crippen MR) is 72.8 cm³/mol. The lowest BCUT2D eigenvalue weighted by molar-refractivity contribution is 0.0600. The van der Waals surface area contributed by atoms with Crippen LogP contribution in [0.25, 0.3) is 0 Å². The summed E-state index contributed by atoms with van der Waals surface area (Å²) in [5, 5.41) is 12.5. The Morgan fingerprint density at radius 1 is 1.42 bits per heavy atom. The summed E-state index contributed by atoms with van der Waals surface area (Å²) in [4.78, 5) is 11.3. The van der Waals surface area contributed by atoms with Crippen LogP contribution in [0.5, 0.6) is 0 Å². The van der Waals surface area contributed by atoms with Gasteiger partial charge in [-0.25, -0.2) is 4.79 Å². The van der Waals surface area contributed by atoms with Gasteiger partial charge in [-0.2, -0.15) is 0 Å². The standard InChI is InChI=1S/C15H21NO3/c1-19-15(18)13-4-2-11(3-5-13)10-16-14(8-9-17)12-6-7-12/h2-5,12,14,16-17H,6-10H2,1H3. The van der Waals surface area contributed by atoms with Crippen molar-refractivity contribution in [3.05, 3.63) is 35.4 Å². The highest BCUT2D eigenvalue weighted by atomic mass is 16.5. The van der Waals surface area contributed by atoms with Crippen molar-refractivity contribution in [2.24, 2.45) is 5.92 Å². The second kappa shape index (κ2) is 6.68. The highest BCUT2D eigenvalue weighted by Crippen LogP contribution is 2.34. The largest absolute Gasteiger partial charge is 0.465 e. The van der Waals surface area contributed by atoms with Crippen molar-refractivity contribution in [2.45, 2.75) is 31.8 Å². The Kier molecular flexibility index (Phi) is 4.93. The number of carbonyl (C=O) groups is 1. The van der Waals surface area contributed by atoms with Crippen molar-refractivity contribution in [3.8, 4) is 0 Å². The smallest absolute Gasteiger partial charge is 0.337 e. The number of rotatable bonds is 7. The number of carbonyl (C=O) groups excluding carboxylic acids is 1. The molecule has 1 unspecified atom stereocenters. The lowest BCUT2D eigenvalue weighted by Crippen LogP contribution is -2.31. The van der Waals surface area contributed by atoms with Crippen LogP contribution in [0.1, 0.15) is 35.2 Å². The molecule has 0 heterocycles. The van der Waals surface area contributed by atoms with E-state index in [9.17, 15) is 4.79 Å². The van der Waals surface area contributed by atoms with Crippen LogP contribution < -0.4 is 5.32 Å². The minimum atomic E-state index is -0.310. The third-order valence-corrected chi connectivity index (χ3v) is 3.57. The second-order valence-corrected chi connectivity index (χ2v) is 5.03. The van der Waals surface area contributed by atoms with Gasteiger partial charge in [0.2, 0.25) is 0 Å². The molecule has 0 bridgehead atoms. The van der Waals surface area contributed by atoms with Gasteiger partial charge >= 0.3 is 5.97 Å². The summed E-state index contributed by atoms with van der Waals surface area (Å²) < 4.78 is 4.66. The molecule has 2 N–H and O–H groups in total. The summed E-state index contributed by atoms with van der Waals surface area (Å²) in [7, 11) is 1.38. The van der Waals surface area contributed by atoms with Gasteiger partial charge in [0.1, 0.15) is 0 Å². The fraction of sp³-hybridized carbons (Fsp3) is 0.533. The molecule has 4 heteroatoms. The number of hydrogen-bond acceptors (Lipinski definition) is 4. The minimum Gasteiger partial charge on any atom is -0.465 e. The molecule has 4 nitrogen and oxygen atoms in total. The fourth-order valence-electron chi connectivity index (χ4n) is 2.27. The van der Waals surface area contributed by atoms with Crippen LogP contribution in [0.15, 0.2) is 24.3 Å². The van der Waals surface area contributed by atoms with Gasteiger partial charge in [-0.05, 0) is 42.9 Å². The Bertz CT molecular complexity index is 412. The van der Waals surface area contributed by atoms with Gasteiger partial charge in [0, 0.05) is 19.2 Å². The Hall–Kier alpha value is -1.39. The molecule has 1 aromatic carbocycles. The van der Waals surface area contributed by atoms with Crippen LogP contribution in [-0.2, 0) is 11.3 Å². The summed E-state index contributed by atoms with van der Waals surface area (Å²) in [6.07, 6.45) is 3.34. The molecule has 1 aromatic rings. The maximum absolute atomic E-state index is 11.3. The van der Waals surface area contributed by atoms with Crippen LogP contribution in [0.4, 0.5) is 0 Å². The third-order valence-electron chi connectivity index (χ3n) is 3.57. The van der Waals surface area contributed by atoms with E-state index >= 15 is 0 Å². The van der Waals surface area contributed by atoms with E-state index in [1.165, 1.54) is 20.0 Å². The molecule has 0 radical (unpaired) electrons. The van der Waals surface area contributed by atoms with E-state index in [0.29, 0.717) is 11.6 Å². The molecular formula is C15H21NO3. The van der Waals surface area contributed by atoms with Crippen molar-refractivity contribution >= 4 is 5.97 Å². The van der Waals surface area contributed by atoms with E-state index in [4.69, 9.17) is 5.11 Å². The maximum atomic E-state index is 11.3. The van der Waals surface area contributed by atoms with Crippen molar-refractivity contribution in [1.82, 2.24) is 5.32 Å². The van der Waals surface area contributed by atoms with E-state index in [-0.39, 0.29) is 12.6 Å². The number of nitrogens with one attached hydrogen (secondary N) is 1. The van der Waals surface area contributed by atoms with Gasteiger partial charge in [0.25, 0.3) is 0 Å². The molecule has 0 spiro atoms. The monoisotopic (exact) mass is 263 g/mol.